The lowest BCUT2D eigenvalue weighted by Crippen LogP contribution is -2.22. The molecule has 0 heterocycles. The third kappa shape index (κ3) is 4.85. The number of rotatable bonds is 6. The number of nitrogens with one attached hydrogen (secondary N) is 1. The number of para-hydroxylation sites is 1. The summed E-state index contributed by atoms with van der Waals surface area (Å²) in [5.74, 6) is 0.948. The van der Waals surface area contributed by atoms with E-state index in [0.717, 1.165) is 44.6 Å². The van der Waals surface area contributed by atoms with Crippen LogP contribution >= 0.6 is 15.9 Å². The lowest BCUT2D eigenvalue weighted by molar-refractivity contribution is -0.118. The molecule has 0 bridgehead atoms. The summed E-state index contributed by atoms with van der Waals surface area (Å²) in [7, 11) is 0. The Hall–Kier alpha value is -1.81. The molecule has 0 saturated carbocycles. The molecule has 1 amide bonds. The molecule has 2 rings (SSSR count). The molecule has 2 aromatic rings. The van der Waals surface area contributed by atoms with Gasteiger partial charge in [-0.1, -0.05) is 54.9 Å². The Morgan fingerprint density at radius 3 is 2.56 bits per heavy atom. The summed E-state index contributed by atoms with van der Waals surface area (Å²) in [6, 6.07) is 10.1. The number of benzene rings is 2. The van der Waals surface area contributed by atoms with Gasteiger partial charge in [-0.3, -0.25) is 4.79 Å². The Balaban J connectivity index is 2.12. The second-order valence-electron chi connectivity index (χ2n) is 6.59. The summed E-state index contributed by atoms with van der Waals surface area (Å²) in [4.78, 5) is 12.4. The van der Waals surface area contributed by atoms with Gasteiger partial charge in [-0.05, 0) is 60.6 Å². The van der Waals surface area contributed by atoms with Crippen molar-refractivity contribution in [3.63, 3.8) is 0 Å². The van der Waals surface area contributed by atoms with Crippen molar-refractivity contribution in [3.05, 3.63) is 57.1 Å². The van der Waals surface area contributed by atoms with Crippen molar-refractivity contribution in [2.45, 2.75) is 47.0 Å². The van der Waals surface area contributed by atoms with Gasteiger partial charge in [-0.25, -0.2) is 0 Å². The van der Waals surface area contributed by atoms with Crippen LogP contribution in [0.2, 0.25) is 0 Å². The zero-order valence-corrected chi connectivity index (χ0v) is 17.2. The highest BCUT2D eigenvalue weighted by atomic mass is 79.9. The SMILES string of the molecule is CCc1cccc(C)c1NC(=O)COc1cc(C)c(Br)cc1C(C)C. The summed E-state index contributed by atoms with van der Waals surface area (Å²) in [5, 5.41) is 3.00. The summed E-state index contributed by atoms with van der Waals surface area (Å²) in [5.41, 5.74) is 5.28. The quantitative estimate of drug-likeness (QED) is 0.664. The minimum absolute atomic E-state index is 0.00171. The average molecular weight is 404 g/mol. The Morgan fingerprint density at radius 1 is 1.20 bits per heavy atom. The molecule has 0 aliphatic heterocycles. The normalized spacial score (nSPS) is 10.8. The van der Waals surface area contributed by atoms with Gasteiger partial charge in [0.2, 0.25) is 0 Å². The molecule has 0 saturated heterocycles. The molecular formula is C21H26BrNO2. The van der Waals surface area contributed by atoms with Crippen LogP contribution in [0.5, 0.6) is 5.75 Å². The molecule has 0 unspecified atom stereocenters. The predicted octanol–water partition coefficient (Wildman–Crippen LogP) is 5.77. The maximum atomic E-state index is 12.4. The Labute approximate surface area is 158 Å². The third-order valence-corrected chi connectivity index (χ3v) is 5.13. The predicted molar refractivity (Wildman–Crippen MR) is 108 cm³/mol. The molecule has 0 aromatic heterocycles. The number of ether oxygens (including phenoxy) is 1. The van der Waals surface area contributed by atoms with Crippen molar-refractivity contribution in [3.8, 4) is 5.75 Å². The van der Waals surface area contributed by atoms with Crippen molar-refractivity contribution in [1.29, 1.82) is 0 Å². The lowest BCUT2D eigenvalue weighted by Gasteiger charge is -2.17. The highest BCUT2D eigenvalue weighted by Crippen LogP contribution is 2.32. The van der Waals surface area contributed by atoms with E-state index in [0.29, 0.717) is 5.92 Å². The number of amides is 1. The van der Waals surface area contributed by atoms with Gasteiger partial charge in [0.05, 0.1) is 0 Å². The van der Waals surface area contributed by atoms with E-state index in [-0.39, 0.29) is 12.5 Å². The maximum Gasteiger partial charge on any atom is 0.262 e. The summed E-state index contributed by atoms with van der Waals surface area (Å²) in [6.45, 7) is 10.3. The maximum absolute atomic E-state index is 12.4. The van der Waals surface area contributed by atoms with Gasteiger partial charge in [-0.15, -0.1) is 0 Å². The van der Waals surface area contributed by atoms with Gasteiger partial charge < -0.3 is 10.1 Å². The van der Waals surface area contributed by atoms with Crippen LogP contribution in [0.1, 0.15) is 48.9 Å². The molecular weight excluding hydrogens is 378 g/mol. The first-order valence-corrected chi connectivity index (χ1v) is 9.44. The molecule has 4 heteroatoms. The van der Waals surface area contributed by atoms with E-state index in [1.54, 1.807) is 0 Å². The van der Waals surface area contributed by atoms with Crippen molar-refractivity contribution >= 4 is 27.5 Å². The van der Waals surface area contributed by atoms with Gasteiger partial charge in [0.15, 0.2) is 6.61 Å². The third-order valence-electron chi connectivity index (χ3n) is 4.28. The number of anilines is 1. The molecule has 0 radical (unpaired) electrons. The fraction of sp³-hybridized carbons (Fsp3) is 0.381. The first-order valence-electron chi connectivity index (χ1n) is 8.64. The van der Waals surface area contributed by atoms with Crippen molar-refractivity contribution in [2.75, 3.05) is 11.9 Å². The van der Waals surface area contributed by atoms with Gasteiger partial charge >= 0.3 is 0 Å². The van der Waals surface area contributed by atoms with Crippen LogP contribution in [0.15, 0.2) is 34.8 Å². The molecule has 0 aliphatic rings. The molecule has 0 atom stereocenters. The second kappa shape index (κ2) is 8.52. The van der Waals surface area contributed by atoms with E-state index in [2.05, 4.69) is 48.1 Å². The van der Waals surface area contributed by atoms with Crippen LogP contribution in [-0.2, 0) is 11.2 Å². The smallest absolute Gasteiger partial charge is 0.262 e. The van der Waals surface area contributed by atoms with E-state index >= 15 is 0 Å². The van der Waals surface area contributed by atoms with E-state index in [4.69, 9.17) is 4.74 Å². The largest absolute Gasteiger partial charge is 0.483 e. The Morgan fingerprint density at radius 2 is 1.92 bits per heavy atom. The number of hydrogen-bond acceptors (Lipinski definition) is 2. The van der Waals surface area contributed by atoms with Gasteiger partial charge in [0.1, 0.15) is 5.75 Å². The molecule has 0 spiro atoms. The zero-order valence-electron chi connectivity index (χ0n) is 15.6. The first kappa shape index (κ1) is 19.5. The van der Waals surface area contributed by atoms with Crippen LogP contribution < -0.4 is 10.1 Å². The van der Waals surface area contributed by atoms with Crippen LogP contribution in [0.25, 0.3) is 0 Å². The second-order valence-corrected chi connectivity index (χ2v) is 7.45. The molecule has 0 fully saturated rings. The molecule has 3 nitrogen and oxygen atoms in total. The van der Waals surface area contributed by atoms with Crippen LogP contribution in [-0.4, -0.2) is 12.5 Å². The minimum Gasteiger partial charge on any atom is -0.483 e. The zero-order chi connectivity index (χ0) is 18.6. The Bertz CT molecular complexity index is 769. The first-order chi connectivity index (χ1) is 11.8. The van der Waals surface area contributed by atoms with Crippen LogP contribution in [0.4, 0.5) is 5.69 Å². The van der Waals surface area contributed by atoms with E-state index in [1.165, 1.54) is 0 Å². The highest BCUT2D eigenvalue weighted by molar-refractivity contribution is 9.10. The number of carbonyl (C=O) groups excluding carboxylic acids is 1. The van der Waals surface area contributed by atoms with Crippen molar-refractivity contribution < 1.29 is 9.53 Å². The topological polar surface area (TPSA) is 38.3 Å². The molecule has 134 valence electrons. The lowest BCUT2D eigenvalue weighted by atomic mass is 10.0. The Kier molecular flexibility index (Phi) is 6.65. The molecule has 25 heavy (non-hydrogen) atoms. The van der Waals surface area contributed by atoms with Crippen LogP contribution in [0, 0.1) is 13.8 Å². The molecule has 2 aromatic carbocycles. The highest BCUT2D eigenvalue weighted by Gasteiger charge is 2.14. The standard InChI is InChI=1S/C21H26BrNO2/c1-6-16-9-7-8-14(4)21(16)23-20(24)12-25-19-10-15(5)18(22)11-17(19)13(2)3/h7-11,13H,6,12H2,1-5H3,(H,23,24). The van der Waals surface area contributed by atoms with E-state index in [1.807, 2.05) is 38.1 Å². The van der Waals surface area contributed by atoms with E-state index in [9.17, 15) is 4.79 Å². The summed E-state index contributed by atoms with van der Waals surface area (Å²) in [6.07, 6.45) is 0.877. The molecule has 0 aliphatic carbocycles. The molecule has 1 N–H and O–H groups in total. The van der Waals surface area contributed by atoms with Gasteiger partial charge in [-0.2, -0.15) is 0 Å². The van der Waals surface area contributed by atoms with E-state index < -0.39 is 0 Å². The number of aryl methyl sites for hydroxylation is 3. The van der Waals surface area contributed by atoms with Gasteiger partial charge in [0, 0.05) is 10.2 Å². The number of carbonyl (C=O) groups is 1. The fourth-order valence-electron chi connectivity index (χ4n) is 2.77. The van der Waals surface area contributed by atoms with Crippen molar-refractivity contribution in [1.82, 2.24) is 0 Å². The fourth-order valence-corrected chi connectivity index (χ4v) is 3.13. The number of hydrogen-bond donors (Lipinski definition) is 1. The van der Waals surface area contributed by atoms with Crippen LogP contribution in [0.3, 0.4) is 0 Å². The summed E-state index contributed by atoms with van der Waals surface area (Å²) >= 11 is 3.56. The number of halogens is 1. The van der Waals surface area contributed by atoms with Crippen molar-refractivity contribution in [2.24, 2.45) is 0 Å². The minimum atomic E-state index is -0.140. The summed E-state index contributed by atoms with van der Waals surface area (Å²) < 4.78 is 6.90. The van der Waals surface area contributed by atoms with Gasteiger partial charge in [0.25, 0.3) is 5.91 Å². The monoisotopic (exact) mass is 403 g/mol. The average Bonchev–Trinajstić information content (AvgIpc) is 2.57.